The Morgan fingerprint density at radius 3 is 2.59 bits per heavy atom. The van der Waals surface area contributed by atoms with Gasteiger partial charge in [0.2, 0.25) is 5.91 Å². The van der Waals surface area contributed by atoms with Crippen molar-refractivity contribution in [2.45, 2.75) is 19.6 Å². The van der Waals surface area contributed by atoms with E-state index in [1.165, 1.54) is 10.8 Å². The summed E-state index contributed by atoms with van der Waals surface area (Å²) in [4.78, 5) is 29.2. The predicted molar refractivity (Wildman–Crippen MR) is 121 cm³/mol. The SMILES string of the molecule is N#CCc1ccc(OCc2ccccc2NC(=O)Cn2c(=O)cnc3ccccc32)cc1. The third kappa shape index (κ3) is 4.82. The topological polar surface area (TPSA) is 97.0 Å². The van der Waals surface area contributed by atoms with Crippen molar-refractivity contribution in [3.63, 3.8) is 0 Å². The van der Waals surface area contributed by atoms with Gasteiger partial charge < -0.3 is 10.1 Å². The highest BCUT2D eigenvalue weighted by Crippen LogP contribution is 2.19. The molecule has 158 valence electrons. The predicted octanol–water partition coefficient (Wildman–Crippen LogP) is 3.68. The van der Waals surface area contributed by atoms with Crippen molar-refractivity contribution in [2.75, 3.05) is 5.32 Å². The van der Waals surface area contributed by atoms with Gasteiger partial charge in [-0.3, -0.25) is 14.2 Å². The summed E-state index contributed by atoms with van der Waals surface area (Å²) >= 11 is 0. The van der Waals surface area contributed by atoms with Crippen LogP contribution in [0, 0.1) is 11.3 Å². The molecule has 0 spiro atoms. The Kier molecular flexibility index (Phi) is 6.23. The lowest BCUT2D eigenvalue weighted by Gasteiger charge is -2.14. The van der Waals surface area contributed by atoms with Gasteiger partial charge in [0.05, 0.1) is 29.7 Å². The normalized spacial score (nSPS) is 10.5. The van der Waals surface area contributed by atoms with Crippen molar-refractivity contribution in [3.8, 4) is 11.8 Å². The lowest BCUT2D eigenvalue weighted by Crippen LogP contribution is -2.28. The highest BCUT2D eigenvalue weighted by atomic mass is 16.5. The van der Waals surface area contributed by atoms with Gasteiger partial charge in [0.25, 0.3) is 5.56 Å². The molecule has 1 N–H and O–H groups in total. The number of nitrogens with zero attached hydrogens (tertiary/aromatic N) is 3. The smallest absolute Gasteiger partial charge is 0.269 e. The first kappa shape index (κ1) is 20.8. The molecule has 0 fully saturated rings. The molecule has 0 atom stereocenters. The van der Waals surface area contributed by atoms with Crippen molar-refractivity contribution >= 4 is 22.6 Å². The van der Waals surface area contributed by atoms with E-state index in [-0.39, 0.29) is 24.6 Å². The number of benzene rings is 3. The Bertz CT molecular complexity index is 1350. The van der Waals surface area contributed by atoms with Crippen LogP contribution < -0.4 is 15.6 Å². The maximum Gasteiger partial charge on any atom is 0.269 e. The molecule has 0 aliphatic heterocycles. The fraction of sp³-hybridized carbons (Fsp3) is 0.120. The summed E-state index contributed by atoms with van der Waals surface area (Å²) in [6.07, 6.45) is 1.57. The Labute approximate surface area is 184 Å². The van der Waals surface area contributed by atoms with E-state index in [2.05, 4.69) is 16.4 Å². The summed E-state index contributed by atoms with van der Waals surface area (Å²) < 4.78 is 7.25. The number of fused-ring (bicyclic) bond motifs is 1. The number of aromatic nitrogens is 2. The highest BCUT2D eigenvalue weighted by molar-refractivity contribution is 5.92. The summed E-state index contributed by atoms with van der Waals surface area (Å²) in [5.41, 5.74) is 3.25. The first-order valence-corrected chi connectivity index (χ1v) is 10.0. The van der Waals surface area contributed by atoms with Gasteiger partial charge in [-0.25, -0.2) is 4.98 Å². The van der Waals surface area contributed by atoms with E-state index in [1.807, 2.05) is 48.5 Å². The molecule has 0 saturated carbocycles. The zero-order valence-corrected chi connectivity index (χ0v) is 17.2. The second-order valence-corrected chi connectivity index (χ2v) is 7.14. The maximum absolute atomic E-state index is 12.7. The Morgan fingerprint density at radius 2 is 1.78 bits per heavy atom. The zero-order chi connectivity index (χ0) is 22.3. The first-order chi connectivity index (χ1) is 15.6. The third-order valence-corrected chi connectivity index (χ3v) is 4.95. The van der Waals surface area contributed by atoms with Crippen LogP contribution >= 0.6 is 0 Å². The van der Waals surface area contributed by atoms with Gasteiger partial charge in [0, 0.05) is 11.3 Å². The van der Waals surface area contributed by atoms with E-state index in [0.29, 0.717) is 28.9 Å². The van der Waals surface area contributed by atoms with E-state index < -0.39 is 0 Å². The van der Waals surface area contributed by atoms with Gasteiger partial charge in [-0.15, -0.1) is 0 Å². The number of amides is 1. The number of ether oxygens (including phenoxy) is 1. The van der Waals surface area contributed by atoms with Crippen LogP contribution in [0.1, 0.15) is 11.1 Å². The van der Waals surface area contributed by atoms with Crippen LogP contribution in [-0.2, 0) is 24.4 Å². The molecule has 1 aromatic heterocycles. The van der Waals surface area contributed by atoms with E-state index in [0.717, 1.165) is 11.1 Å². The van der Waals surface area contributed by atoms with E-state index in [9.17, 15) is 9.59 Å². The third-order valence-electron chi connectivity index (χ3n) is 4.95. The van der Waals surface area contributed by atoms with Gasteiger partial charge >= 0.3 is 0 Å². The molecule has 1 heterocycles. The first-order valence-electron chi connectivity index (χ1n) is 10.0. The second kappa shape index (κ2) is 9.58. The van der Waals surface area contributed by atoms with Gasteiger partial charge in [-0.2, -0.15) is 5.26 Å². The monoisotopic (exact) mass is 424 g/mol. The number of para-hydroxylation sites is 3. The minimum absolute atomic E-state index is 0.128. The molecule has 4 rings (SSSR count). The Hall–Kier alpha value is -4.44. The van der Waals surface area contributed by atoms with Crippen LogP contribution in [-0.4, -0.2) is 15.5 Å². The average Bonchev–Trinajstić information content (AvgIpc) is 2.81. The summed E-state index contributed by atoms with van der Waals surface area (Å²) in [7, 11) is 0. The van der Waals surface area contributed by atoms with E-state index in [4.69, 9.17) is 10.00 Å². The number of carbonyl (C=O) groups is 1. The van der Waals surface area contributed by atoms with Gasteiger partial charge in [0.1, 0.15) is 18.9 Å². The average molecular weight is 424 g/mol. The number of hydrogen-bond acceptors (Lipinski definition) is 5. The van der Waals surface area contributed by atoms with E-state index >= 15 is 0 Å². The van der Waals surface area contributed by atoms with Crippen LogP contribution in [0.2, 0.25) is 0 Å². The molecule has 1 amide bonds. The van der Waals surface area contributed by atoms with Gasteiger partial charge in [-0.05, 0) is 35.9 Å². The number of rotatable bonds is 7. The number of hydrogen-bond donors (Lipinski definition) is 1. The van der Waals surface area contributed by atoms with E-state index in [1.54, 1.807) is 24.3 Å². The largest absolute Gasteiger partial charge is 0.489 e. The summed E-state index contributed by atoms with van der Waals surface area (Å²) in [6, 6.07) is 24.0. The Morgan fingerprint density at radius 1 is 1.03 bits per heavy atom. The minimum atomic E-state index is -0.338. The van der Waals surface area contributed by atoms with Crippen molar-refractivity contribution in [1.82, 2.24) is 9.55 Å². The molecule has 0 saturated heterocycles. The molecule has 7 nitrogen and oxygen atoms in total. The van der Waals surface area contributed by atoms with Crippen molar-refractivity contribution in [3.05, 3.63) is 100 Å². The second-order valence-electron chi connectivity index (χ2n) is 7.14. The highest BCUT2D eigenvalue weighted by Gasteiger charge is 2.11. The number of nitrogens with one attached hydrogen (secondary N) is 1. The van der Waals surface area contributed by atoms with Crippen LogP contribution in [0.4, 0.5) is 5.69 Å². The van der Waals surface area contributed by atoms with Crippen LogP contribution in [0.25, 0.3) is 11.0 Å². The molecule has 32 heavy (non-hydrogen) atoms. The molecule has 0 bridgehead atoms. The van der Waals surface area contributed by atoms with Gasteiger partial charge in [0.15, 0.2) is 0 Å². The fourth-order valence-corrected chi connectivity index (χ4v) is 3.34. The number of anilines is 1. The lowest BCUT2D eigenvalue weighted by molar-refractivity contribution is -0.116. The molecule has 7 heteroatoms. The van der Waals surface area contributed by atoms with Crippen molar-refractivity contribution < 1.29 is 9.53 Å². The molecular weight excluding hydrogens is 404 g/mol. The molecule has 0 unspecified atom stereocenters. The maximum atomic E-state index is 12.7. The summed E-state index contributed by atoms with van der Waals surface area (Å²) in [5, 5.41) is 11.6. The quantitative estimate of drug-likeness (QED) is 0.488. The summed E-state index contributed by atoms with van der Waals surface area (Å²) in [6.45, 7) is 0.129. The van der Waals surface area contributed by atoms with Crippen LogP contribution in [0.5, 0.6) is 5.75 Å². The zero-order valence-electron chi connectivity index (χ0n) is 17.2. The molecule has 0 aliphatic carbocycles. The fourth-order valence-electron chi connectivity index (χ4n) is 3.34. The van der Waals surface area contributed by atoms with Crippen molar-refractivity contribution in [2.24, 2.45) is 0 Å². The Balaban J connectivity index is 1.46. The summed E-state index contributed by atoms with van der Waals surface area (Å²) in [5.74, 6) is 0.347. The molecule has 0 aliphatic rings. The van der Waals surface area contributed by atoms with Crippen molar-refractivity contribution in [1.29, 1.82) is 5.26 Å². The van der Waals surface area contributed by atoms with Gasteiger partial charge in [-0.1, -0.05) is 42.5 Å². The molecular formula is C25H20N4O3. The van der Waals surface area contributed by atoms with Crippen LogP contribution in [0.15, 0.2) is 83.8 Å². The molecule has 3 aromatic carbocycles. The number of carbonyl (C=O) groups excluding carboxylic acids is 1. The number of nitriles is 1. The van der Waals surface area contributed by atoms with Crippen LogP contribution in [0.3, 0.4) is 0 Å². The molecule has 0 radical (unpaired) electrons. The molecule has 4 aromatic rings. The lowest BCUT2D eigenvalue weighted by atomic mass is 10.1. The standard InChI is InChI=1S/C25H20N4O3/c26-14-13-18-9-11-20(12-10-18)32-17-19-5-1-2-6-21(19)28-24(30)16-29-23-8-4-3-7-22(23)27-15-25(29)31/h1-12,15H,13,16-17H2,(H,28,30). The minimum Gasteiger partial charge on any atom is -0.489 e.